The van der Waals surface area contributed by atoms with Crippen LogP contribution in [0.4, 0.5) is 5.69 Å². The molecule has 0 bridgehead atoms. The molecule has 5 rings (SSSR count). The molecule has 3 aromatic carbocycles. The van der Waals surface area contributed by atoms with Crippen molar-refractivity contribution in [2.45, 2.75) is 57.7 Å². The van der Waals surface area contributed by atoms with Gasteiger partial charge >= 0.3 is 11.9 Å². The predicted octanol–water partition coefficient (Wildman–Crippen LogP) is 5.00. The maximum atomic E-state index is 14.8. The summed E-state index contributed by atoms with van der Waals surface area (Å²) in [6, 6.07) is 23.6. The molecule has 1 atom stereocenters. The van der Waals surface area contributed by atoms with Crippen LogP contribution in [0, 0.1) is 0 Å². The van der Waals surface area contributed by atoms with Crippen LogP contribution in [-0.2, 0) is 41.4 Å². The Morgan fingerprint density at radius 1 is 0.814 bits per heavy atom. The molecule has 0 radical (unpaired) electrons. The van der Waals surface area contributed by atoms with Crippen molar-refractivity contribution < 1.29 is 28.7 Å². The number of rotatable bonds is 8. The molecule has 8 heteroatoms. The van der Waals surface area contributed by atoms with E-state index in [4.69, 9.17) is 9.47 Å². The molecule has 222 valence electrons. The largest absolute Gasteiger partial charge is 0.464 e. The van der Waals surface area contributed by atoms with Gasteiger partial charge < -0.3 is 14.4 Å². The van der Waals surface area contributed by atoms with Gasteiger partial charge in [-0.05, 0) is 42.5 Å². The summed E-state index contributed by atoms with van der Waals surface area (Å²) < 4.78 is 10.7. The summed E-state index contributed by atoms with van der Waals surface area (Å²) in [6.45, 7) is 9.80. The number of amides is 1. The van der Waals surface area contributed by atoms with Gasteiger partial charge in [0.2, 0.25) is 5.54 Å². The van der Waals surface area contributed by atoms with Crippen molar-refractivity contribution in [3.8, 4) is 0 Å². The molecule has 0 unspecified atom stereocenters. The molecule has 0 saturated heterocycles. The highest BCUT2D eigenvalue weighted by Crippen LogP contribution is 2.51. The number of ketones is 1. The predicted molar refractivity (Wildman–Crippen MR) is 162 cm³/mol. The van der Waals surface area contributed by atoms with Crippen LogP contribution in [0.1, 0.15) is 61.7 Å². The number of carbonyl (C=O) groups is 4. The lowest BCUT2D eigenvalue weighted by atomic mass is 9.81. The van der Waals surface area contributed by atoms with E-state index in [1.807, 2.05) is 30.3 Å². The van der Waals surface area contributed by atoms with Crippen LogP contribution in [0.2, 0.25) is 0 Å². The van der Waals surface area contributed by atoms with Crippen LogP contribution in [-0.4, -0.2) is 42.4 Å². The number of esters is 2. The van der Waals surface area contributed by atoms with Crippen molar-refractivity contribution in [2.75, 3.05) is 18.1 Å². The average Bonchev–Trinajstić information content (AvgIpc) is 3.48. The number of nitrogens with zero attached hydrogens (tertiary/aromatic N) is 1. The van der Waals surface area contributed by atoms with E-state index in [-0.39, 0.29) is 30.7 Å². The lowest BCUT2D eigenvalue weighted by molar-refractivity contribution is -0.163. The van der Waals surface area contributed by atoms with Gasteiger partial charge in [0.25, 0.3) is 5.91 Å². The third kappa shape index (κ3) is 4.95. The Labute approximate surface area is 251 Å². The molecule has 1 N–H and O–H groups in total. The molecule has 0 saturated carbocycles. The van der Waals surface area contributed by atoms with Crippen LogP contribution in [0.5, 0.6) is 0 Å². The van der Waals surface area contributed by atoms with Crippen LogP contribution in [0.15, 0.2) is 90.5 Å². The molecule has 43 heavy (non-hydrogen) atoms. The molecule has 2 heterocycles. The Balaban J connectivity index is 1.68. The molecular weight excluding hydrogens is 544 g/mol. The molecule has 1 spiro atoms. The summed E-state index contributed by atoms with van der Waals surface area (Å²) in [7, 11) is 0. The standard InChI is InChI=1S/C35H36N2O6/c1-6-42-31(40)34(32(41)43-7-2)21-27(29(38)24-13-9-8-10-14-24)35(36-34)26-15-11-12-16-28(26)37(30(35)39)22-23-17-19-25(20-18-23)33(3,4)5/h8-21,36H,6-7,22H2,1-5H3/t35-/m0/s1. The molecule has 2 aliphatic rings. The van der Waals surface area contributed by atoms with Crippen molar-refractivity contribution in [1.82, 2.24) is 5.32 Å². The Morgan fingerprint density at radius 3 is 1.98 bits per heavy atom. The first-order valence-electron chi connectivity index (χ1n) is 14.5. The smallest absolute Gasteiger partial charge is 0.342 e. The van der Waals surface area contributed by atoms with E-state index >= 15 is 0 Å². The van der Waals surface area contributed by atoms with E-state index in [1.54, 1.807) is 67.3 Å². The Hall–Kier alpha value is -4.56. The zero-order chi connectivity index (χ0) is 31.0. The highest BCUT2D eigenvalue weighted by molar-refractivity contribution is 6.24. The van der Waals surface area contributed by atoms with E-state index in [2.05, 4.69) is 26.1 Å². The summed E-state index contributed by atoms with van der Waals surface area (Å²) in [5.74, 6) is -2.89. The van der Waals surface area contributed by atoms with Gasteiger partial charge in [-0.15, -0.1) is 0 Å². The highest BCUT2D eigenvalue weighted by atomic mass is 16.6. The number of hydrogen-bond acceptors (Lipinski definition) is 7. The van der Waals surface area contributed by atoms with Crippen molar-refractivity contribution in [3.63, 3.8) is 0 Å². The average molecular weight is 581 g/mol. The fourth-order valence-corrected chi connectivity index (χ4v) is 5.78. The van der Waals surface area contributed by atoms with Gasteiger partial charge in [0.15, 0.2) is 11.3 Å². The van der Waals surface area contributed by atoms with Gasteiger partial charge in [0.05, 0.1) is 25.4 Å². The third-order valence-electron chi connectivity index (χ3n) is 7.95. The van der Waals surface area contributed by atoms with Gasteiger partial charge in [0, 0.05) is 16.7 Å². The number of nitrogens with one attached hydrogen (secondary N) is 1. The van der Waals surface area contributed by atoms with E-state index in [1.165, 1.54) is 6.08 Å². The van der Waals surface area contributed by atoms with Crippen LogP contribution in [0.25, 0.3) is 0 Å². The number of fused-ring (bicyclic) bond motifs is 2. The summed E-state index contributed by atoms with van der Waals surface area (Å²) in [5.41, 5.74) is -0.782. The Bertz CT molecular complexity index is 1590. The van der Waals surface area contributed by atoms with E-state index in [9.17, 15) is 19.2 Å². The molecule has 0 aromatic heterocycles. The van der Waals surface area contributed by atoms with E-state index < -0.39 is 34.7 Å². The van der Waals surface area contributed by atoms with Gasteiger partial charge in [-0.2, -0.15) is 0 Å². The number of ether oxygens (including phenoxy) is 2. The first-order chi connectivity index (χ1) is 20.5. The highest BCUT2D eigenvalue weighted by Gasteiger charge is 2.67. The summed E-state index contributed by atoms with van der Waals surface area (Å²) in [4.78, 5) is 57.7. The number of carbonyl (C=O) groups excluding carboxylic acids is 4. The molecule has 3 aromatic rings. The lowest BCUT2D eigenvalue weighted by Gasteiger charge is -2.32. The molecular formula is C35H36N2O6. The van der Waals surface area contributed by atoms with Crippen molar-refractivity contribution >= 4 is 29.3 Å². The second-order valence-electron chi connectivity index (χ2n) is 11.7. The van der Waals surface area contributed by atoms with Gasteiger partial charge in [-0.1, -0.05) is 93.6 Å². The fraction of sp³-hybridized carbons (Fsp3) is 0.314. The monoisotopic (exact) mass is 580 g/mol. The zero-order valence-corrected chi connectivity index (χ0v) is 25.1. The molecule has 1 amide bonds. The minimum atomic E-state index is -2.22. The first kappa shape index (κ1) is 29.9. The van der Waals surface area contributed by atoms with Crippen LogP contribution < -0.4 is 10.2 Å². The SMILES string of the molecule is CCOC(=O)C1(C(=O)OCC)C=C(C(=O)c2ccccc2)[C@]2(N1)C(=O)N(Cc1ccc(C(C)(C)C)cc1)c1ccccc12. The van der Waals surface area contributed by atoms with E-state index in [0.717, 1.165) is 11.1 Å². The number of para-hydroxylation sites is 1. The second kappa shape index (κ2) is 11.3. The topological polar surface area (TPSA) is 102 Å². The summed E-state index contributed by atoms with van der Waals surface area (Å²) >= 11 is 0. The quantitative estimate of drug-likeness (QED) is 0.227. The normalized spacial score (nSPS) is 18.8. The van der Waals surface area contributed by atoms with Crippen molar-refractivity contribution in [3.05, 3.63) is 113 Å². The zero-order valence-electron chi connectivity index (χ0n) is 25.1. The lowest BCUT2D eigenvalue weighted by Crippen LogP contribution is -2.63. The van der Waals surface area contributed by atoms with Gasteiger partial charge in [-0.25, -0.2) is 9.59 Å². The molecule has 2 aliphatic heterocycles. The Kier molecular flexibility index (Phi) is 7.84. The van der Waals surface area contributed by atoms with Gasteiger partial charge in [0.1, 0.15) is 0 Å². The number of anilines is 1. The van der Waals surface area contributed by atoms with Crippen LogP contribution >= 0.6 is 0 Å². The minimum Gasteiger partial charge on any atom is -0.464 e. The van der Waals surface area contributed by atoms with Crippen molar-refractivity contribution in [2.24, 2.45) is 0 Å². The number of benzene rings is 3. The third-order valence-corrected chi connectivity index (χ3v) is 7.95. The second-order valence-corrected chi connectivity index (χ2v) is 11.7. The first-order valence-corrected chi connectivity index (χ1v) is 14.5. The summed E-state index contributed by atoms with van der Waals surface area (Å²) in [5, 5.41) is 3.05. The van der Waals surface area contributed by atoms with Gasteiger partial charge in [-0.3, -0.25) is 14.9 Å². The van der Waals surface area contributed by atoms with E-state index in [0.29, 0.717) is 16.8 Å². The molecule has 0 aliphatic carbocycles. The molecule has 0 fully saturated rings. The maximum absolute atomic E-state index is 14.8. The molecule has 8 nitrogen and oxygen atoms in total. The maximum Gasteiger partial charge on any atom is 0.342 e. The van der Waals surface area contributed by atoms with Crippen LogP contribution in [0.3, 0.4) is 0 Å². The number of Topliss-reactive ketones (excluding diaryl/α,β-unsaturated/α-hetero) is 1. The summed E-state index contributed by atoms with van der Waals surface area (Å²) in [6.07, 6.45) is 1.23. The Morgan fingerprint density at radius 2 is 1.40 bits per heavy atom. The number of hydrogen-bond donors (Lipinski definition) is 1. The van der Waals surface area contributed by atoms with Crippen molar-refractivity contribution in [1.29, 1.82) is 0 Å². The minimum absolute atomic E-state index is 0.0221. The fourth-order valence-electron chi connectivity index (χ4n) is 5.78.